The fraction of sp³-hybridized carbons (Fsp3) is 0.741. The summed E-state index contributed by atoms with van der Waals surface area (Å²) >= 11 is 5.50. The van der Waals surface area contributed by atoms with Crippen LogP contribution in [0.4, 0.5) is 0 Å². The molecule has 0 saturated carbocycles. The largest absolute Gasteiger partial charge is 0.396 e. The first kappa shape index (κ1) is 29.2. The molecule has 0 radical (unpaired) electrons. The molecule has 2 bridgehead atoms. The number of rotatable bonds is 15. The molecule has 6 atom stereocenters. The van der Waals surface area contributed by atoms with Crippen molar-refractivity contribution in [2.24, 2.45) is 11.8 Å². The topological polar surface area (TPSA) is 81.2 Å². The van der Waals surface area contributed by atoms with E-state index in [-0.39, 0.29) is 34.4 Å². The number of thioether (sulfide) groups is 1. The molecule has 3 fully saturated rings. The minimum absolute atomic E-state index is 0.0141. The van der Waals surface area contributed by atoms with Crippen LogP contribution in [0, 0.1) is 11.8 Å². The molecule has 3 rings (SSSR count). The quantitative estimate of drug-likeness (QED) is 0.181. The summed E-state index contributed by atoms with van der Waals surface area (Å²) < 4.78 is -0.654. The zero-order valence-corrected chi connectivity index (χ0v) is 24.1. The number of hydrogen-bond donors (Lipinski definition) is 1. The lowest BCUT2D eigenvalue weighted by Crippen LogP contribution is -2.56. The highest BCUT2D eigenvalue weighted by Gasteiger charge is 2.75. The van der Waals surface area contributed by atoms with Gasteiger partial charge >= 0.3 is 0 Å². The average molecular weight is 585 g/mol. The number of aliphatic hydroxyl groups is 1. The van der Waals surface area contributed by atoms with Gasteiger partial charge in [0.2, 0.25) is 17.7 Å². The van der Waals surface area contributed by atoms with Gasteiger partial charge in [0.05, 0.1) is 16.6 Å². The Labute approximate surface area is 228 Å². The lowest BCUT2D eigenvalue weighted by molar-refractivity contribution is -0.144. The van der Waals surface area contributed by atoms with Crippen LogP contribution in [-0.2, 0) is 14.4 Å². The molecule has 202 valence electrons. The fourth-order valence-corrected chi connectivity index (χ4v) is 9.87. The third kappa shape index (κ3) is 5.30. The number of aliphatic hydroxyl groups excluding tert-OH is 1. The number of likely N-dealkylation sites (tertiary alicyclic amines) is 1. The van der Waals surface area contributed by atoms with Crippen molar-refractivity contribution in [3.63, 3.8) is 0 Å². The Balaban J connectivity index is 2.01. The van der Waals surface area contributed by atoms with Crippen LogP contribution in [0.5, 0.6) is 0 Å². The Morgan fingerprint density at radius 2 is 1.78 bits per heavy atom. The van der Waals surface area contributed by atoms with Gasteiger partial charge in [-0.3, -0.25) is 14.4 Å². The summed E-state index contributed by atoms with van der Waals surface area (Å²) in [6.45, 7) is 14.2. The van der Waals surface area contributed by atoms with Crippen molar-refractivity contribution in [1.29, 1.82) is 0 Å². The second kappa shape index (κ2) is 13.0. The molecule has 0 aromatic carbocycles. The average Bonchev–Trinajstić information content (AvgIpc) is 3.44. The van der Waals surface area contributed by atoms with Crippen molar-refractivity contribution in [1.82, 2.24) is 14.7 Å². The van der Waals surface area contributed by atoms with E-state index >= 15 is 0 Å². The molecule has 1 spiro atoms. The number of nitrogens with zero attached hydrogens (tertiary/aromatic N) is 3. The van der Waals surface area contributed by atoms with Gasteiger partial charge in [-0.15, -0.1) is 24.9 Å². The van der Waals surface area contributed by atoms with Gasteiger partial charge in [0, 0.05) is 49.4 Å². The Morgan fingerprint density at radius 3 is 2.36 bits per heavy atom. The molecule has 1 N–H and O–H groups in total. The third-order valence-electron chi connectivity index (χ3n) is 7.71. The molecule has 0 aromatic rings. The smallest absolute Gasteiger partial charge is 0.247 e. The SMILES string of the molecule is C=CCN(CCCCC)C(=O)C1N(CCCO)C(=O)[C@@H]2[C@@H](C(=O)N(CC=C)CCC)[C@@H]3SC12CC3Br. The van der Waals surface area contributed by atoms with Crippen molar-refractivity contribution < 1.29 is 19.5 Å². The number of hydrogen-bond acceptors (Lipinski definition) is 5. The van der Waals surface area contributed by atoms with Gasteiger partial charge in [-0.05, 0) is 25.7 Å². The first-order chi connectivity index (χ1) is 17.3. The molecule has 3 aliphatic rings. The molecule has 3 unspecified atom stereocenters. The molecule has 3 heterocycles. The summed E-state index contributed by atoms with van der Waals surface area (Å²) in [5.74, 6) is -1.20. The van der Waals surface area contributed by atoms with E-state index in [1.165, 1.54) is 0 Å². The highest BCUT2D eigenvalue weighted by molar-refractivity contribution is 9.09. The molecular formula is C27H42BrN3O4S. The highest BCUT2D eigenvalue weighted by Crippen LogP contribution is 2.68. The van der Waals surface area contributed by atoms with E-state index < -0.39 is 22.6 Å². The van der Waals surface area contributed by atoms with E-state index in [9.17, 15) is 19.5 Å². The third-order valence-corrected chi connectivity index (χ3v) is 10.9. The van der Waals surface area contributed by atoms with Gasteiger partial charge in [-0.1, -0.05) is 54.8 Å². The number of halogens is 1. The summed E-state index contributed by atoms with van der Waals surface area (Å²) in [7, 11) is 0. The highest BCUT2D eigenvalue weighted by atomic mass is 79.9. The van der Waals surface area contributed by atoms with E-state index in [2.05, 4.69) is 36.0 Å². The van der Waals surface area contributed by atoms with E-state index in [0.717, 1.165) is 25.7 Å². The Bertz CT molecular complexity index is 842. The fourth-order valence-electron chi connectivity index (χ4n) is 6.27. The standard InChI is InChI=1S/C27H42BrN3O4S/c1-5-9-10-15-30(14-8-4)26(35)23-27-18-19(28)22(36-27)20(24(33)29(12-6-2)13-7-3)21(27)25(34)31(23)16-11-17-32/h6,8,19-23,32H,2,4-5,7,9-18H2,1,3H3/t19?,20-,21+,22-,23?,27?/m1/s1. The van der Waals surface area contributed by atoms with Crippen LogP contribution < -0.4 is 0 Å². The maximum Gasteiger partial charge on any atom is 0.247 e. The number of unbranched alkanes of at least 4 members (excludes halogenated alkanes) is 2. The number of alkyl halides is 1. The minimum Gasteiger partial charge on any atom is -0.396 e. The maximum atomic E-state index is 14.2. The summed E-state index contributed by atoms with van der Waals surface area (Å²) in [6.07, 6.45) is 8.34. The van der Waals surface area contributed by atoms with E-state index in [1.54, 1.807) is 28.8 Å². The molecule has 3 aliphatic heterocycles. The number of carbonyl (C=O) groups excluding carboxylic acids is 3. The normalized spacial score (nSPS) is 30.4. The lowest BCUT2D eigenvalue weighted by atomic mass is 9.70. The van der Waals surface area contributed by atoms with Crippen molar-refractivity contribution in [3.8, 4) is 0 Å². The van der Waals surface area contributed by atoms with Gasteiger partial charge in [-0.2, -0.15) is 0 Å². The van der Waals surface area contributed by atoms with Crippen LogP contribution >= 0.6 is 27.7 Å². The molecule has 3 saturated heterocycles. The van der Waals surface area contributed by atoms with Crippen molar-refractivity contribution in [3.05, 3.63) is 25.3 Å². The van der Waals surface area contributed by atoms with E-state index in [0.29, 0.717) is 45.6 Å². The molecule has 0 aliphatic carbocycles. The number of carbonyl (C=O) groups is 3. The van der Waals surface area contributed by atoms with Gasteiger partial charge in [0.25, 0.3) is 0 Å². The zero-order chi connectivity index (χ0) is 26.5. The maximum absolute atomic E-state index is 14.2. The predicted octanol–water partition coefficient (Wildman–Crippen LogP) is 3.46. The summed E-state index contributed by atoms with van der Waals surface area (Å²) in [4.78, 5) is 47.5. The number of amides is 3. The second-order valence-electron chi connectivity index (χ2n) is 10.1. The lowest BCUT2D eigenvalue weighted by Gasteiger charge is -2.38. The van der Waals surface area contributed by atoms with Crippen LogP contribution in [0.3, 0.4) is 0 Å². The molecule has 9 heteroatoms. The zero-order valence-electron chi connectivity index (χ0n) is 21.7. The summed E-state index contributed by atoms with van der Waals surface area (Å²) in [5.41, 5.74) is 0. The van der Waals surface area contributed by atoms with Crippen molar-refractivity contribution in [2.75, 3.05) is 39.3 Å². The Morgan fingerprint density at radius 1 is 1.11 bits per heavy atom. The van der Waals surface area contributed by atoms with E-state index in [4.69, 9.17) is 0 Å². The molecule has 36 heavy (non-hydrogen) atoms. The first-order valence-corrected chi connectivity index (χ1v) is 15.1. The molecular weight excluding hydrogens is 542 g/mol. The van der Waals surface area contributed by atoms with Crippen LogP contribution in [0.15, 0.2) is 25.3 Å². The van der Waals surface area contributed by atoms with E-state index in [1.807, 2.05) is 16.7 Å². The molecule has 0 aromatic heterocycles. The summed E-state index contributed by atoms with van der Waals surface area (Å²) in [5, 5.41) is 9.49. The van der Waals surface area contributed by atoms with Gasteiger partial charge in [-0.25, -0.2) is 0 Å². The Hall–Kier alpha value is -1.32. The molecule has 7 nitrogen and oxygen atoms in total. The first-order valence-electron chi connectivity index (χ1n) is 13.3. The van der Waals surface area contributed by atoms with Crippen molar-refractivity contribution >= 4 is 45.4 Å². The number of fused-ring (bicyclic) bond motifs is 1. The van der Waals surface area contributed by atoms with Crippen LogP contribution in [0.2, 0.25) is 0 Å². The predicted molar refractivity (Wildman–Crippen MR) is 149 cm³/mol. The second-order valence-corrected chi connectivity index (χ2v) is 12.8. The van der Waals surface area contributed by atoms with Crippen LogP contribution in [0.1, 0.15) is 52.4 Å². The van der Waals surface area contributed by atoms with Gasteiger partial charge in [0.1, 0.15) is 6.04 Å². The van der Waals surface area contributed by atoms with Gasteiger partial charge in [0.15, 0.2) is 0 Å². The molecule has 3 amide bonds. The Kier molecular flexibility index (Phi) is 10.5. The van der Waals surface area contributed by atoms with Crippen LogP contribution in [-0.4, -0.2) is 97.7 Å². The van der Waals surface area contributed by atoms with Gasteiger partial charge < -0.3 is 19.8 Å². The minimum atomic E-state index is -0.654. The van der Waals surface area contributed by atoms with Crippen molar-refractivity contribution in [2.45, 2.75) is 73.2 Å². The summed E-state index contributed by atoms with van der Waals surface area (Å²) in [6, 6.07) is -0.644. The van der Waals surface area contributed by atoms with Crippen LogP contribution in [0.25, 0.3) is 0 Å². The monoisotopic (exact) mass is 583 g/mol.